The van der Waals surface area contributed by atoms with Crippen molar-refractivity contribution in [1.82, 2.24) is 4.57 Å². The molecule has 6 rings (SSSR count). The number of ether oxygens (including phenoxy) is 4. The molecule has 0 spiro atoms. The lowest BCUT2D eigenvalue weighted by Gasteiger charge is -2.26. The second-order valence-electron chi connectivity index (χ2n) is 8.94. The van der Waals surface area contributed by atoms with Crippen LogP contribution in [0.15, 0.2) is 86.6 Å². The first-order valence-corrected chi connectivity index (χ1v) is 14.1. The van der Waals surface area contributed by atoms with Gasteiger partial charge in [0, 0.05) is 10.0 Å². The van der Waals surface area contributed by atoms with Gasteiger partial charge in [0.15, 0.2) is 16.3 Å². The van der Waals surface area contributed by atoms with Gasteiger partial charge >= 0.3 is 5.97 Å². The SMILES string of the molecule is CCOC(=O)C1=C(c2ccccc2)N=c2s/c(=C\c3cc4c(cc3Br)OCO4)c(=O)n2[C@H]1c1cccc(OC)c1. The number of rotatable bonds is 6. The van der Waals surface area contributed by atoms with Crippen LogP contribution in [0.4, 0.5) is 0 Å². The average molecular weight is 619 g/mol. The molecule has 1 aromatic heterocycles. The summed E-state index contributed by atoms with van der Waals surface area (Å²) in [5, 5.41) is 0. The molecule has 0 radical (unpaired) electrons. The van der Waals surface area contributed by atoms with Crippen molar-refractivity contribution in [3.05, 3.63) is 113 Å². The zero-order valence-corrected chi connectivity index (χ0v) is 24.0. The first-order valence-electron chi connectivity index (χ1n) is 12.5. The van der Waals surface area contributed by atoms with Crippen LogP contribution >= 0.6 is 27.3 Å². The molecule has 4 aromatic rings. The van der Waals surface area contributed by atoms with Gasteiger partial charge in [-0.15, -0.1) is 0 Å². The molecule has 0 amide bonds. The molecule has 0 unspecified atom stereocenters. The normalized spacial score (nSPS) is 16.0. The Morgan fingerprint density at radius 2 is 1.90 bits per heavy atom. The highest BCUT2D eigenvalue weighted by Crippen LogP contribution is 2.38. The molecule has 0 N–H and O–H groups in total. The summed E-state index contributed by atoms with van der Waals surface area (Å²) in [6, 6.07) is 19.6. The topological polar surface area (TPSA) is 88.4 Å². The molecule has 8 nitrogen and oxygen atoms in total. The van der Waals surface area contributed by atoms with Crippen LogP contribution in [0.1, 0.15) is 29.7 Å². The van der Waals surface area contributed by atoms with Gasteiger partial charge in [-0.05, 0) is 48.4 Å². The quantitative estimate of drug-likeness (QED) is 0.297. The lowest BCUT2D eigenvalue weighted by molar-refractivity contribution is -0.138. The second-order valence-corrected chi connectivity index (χ2v) is 10.8. The average Bonchev–Trinajstić information content (AvgIpc) is 3.56. The fraction of sp³-hybridized carbons (Fsp3) is 0.167. The van der Waals surface area contributed by atoms with Crippen molar-refractivity contribution >= 4 is 45.0 Å². The summed E-state index contributed by atoms with van der Waals surface area (Å²) < 4.78 is 24.8. The summed E-state index contributed by atoms with van der Waals surface area (Å²) in [7, 11) is 1.57. The van der Waals surface area contributed by atoms with Gasteiger partial charge in [0.2, 0.25) is 6.79 Å². The predicted molar refractivity (Wildman–Crippen MR) is 154 cm³/mol. The summed E-state index contributed by atoms with van der Waals surface area (Å²) in [5.74, 6) is 1.30. The van der Waals surface area contributed by atoms with Crippen LogP contribution in [0.3, 0.4) is 0 Å². The number of carbonyl (C=O) groups excluding carboxylic acids is 1. The Morgan fingerprint density at radius 1 is 1.12 bits per heavy atom. The third kappa shape index (κ3) is 4.63. The van der Waals surface area contributed by atoms with E-state index in [0.717, 1.165) is 15.6 Å². The number of nitrogens with zero attached hydrogens (tertiary/aromatic N) is 2. The van der Waals surface area contributed by atoms with Gasteiger partial charge < -0.3 is 18.9 Å². The van der Waals surface area contributed by atoms with E-state index >= 15 is 0 Å². The number of thiazole rings is 1. The van der Waals surface area contributed by atoms with Crippen LogP contribution in [0.5, 0.6) is 17.2 Å². The summed E-state index contributed by atoms with van der Waals surface area (Å²) in [4.78, 5) is 33.0. The van der Waals surface area contributed by atoms with Crippen LogP contribution < -0.4 is 29.1 Å². The minimum atomic E-state index is -0.789. The molecule has 3 aromatic carbocycles. The summed E-state index contributed by atoms with van der Waals surface area (Å²) in [6.45, 7) is 2.07. The molecule has 0 bridgehead atoms. The maximum atomic E-state index is 14.1. The molecule has 0 saturated carbocycles. The van der Waals surface area contributed by atoms with Gasteiger partial charge in [-0.25, -0.2) is 9.79 Å². The second kappa shape index (κ2) is 10.8. The number of aromatic nitrogens is 1. The monoisotopic (exact) mass is 618 g/mol. The molecule has 2 aliphatic heterocycles. The van der Waals surface area contributed by atoms with Crippen LogP contribution in [0.2, 0.25) is 0 Å². The number of esters is 1. The van der Waals surface area contributed by atoms with E-state index < -0.39 is 12.0 Å². The number of benzene rings is 3. The highest BCUT2D eigenvalue weighted by molar-refractivity contribution is 9.10. The smallest absolute Gasteiger partial charge is 0.338 e. The molecule has 10 heteroatoms. The Labute approximate surface area is 241 Å². The number of carbonyl (C=O) groups is 1. The van der Waals surface area contributed by atoms with Gasteiger partial charge in [0.05, 0.1) is 35.6 Å². The molecule has 2 aliphatic rings. The number of halogens is 1. The Hall–Kier alpha value is -4.15. The van der Waals surface area contributed by atoms with E-state index in [2.05, 4.69) is 15.9 Å². The zero-order valence-electron chi connectivity index (χ0n) is 21.5. The third-order valence-corrected chi connectivity index (χ3v) is 8.23. The van der Waals surface area contributed by atoms with Gasteiger partial charge in [0.1, 0.15) is 5.75 Å². The fourth-order valence-electron chi connectivity index (χ4n) is 4.75. The Morgan fingerprint density at radius 3 is 2.65 bits per heavy atom. The number of methoxy groups -OCH3 is 1. The summed E-state index contributed by atoms with van der Waals surface area (Å²) in [6.07, 6.45) is 1.79. The Kier molecular flexibility index (Phi) is 7.03. The molecule has 0 aliphatic carbocycles. The molecule has 40 heavy (non-hydrogen) atoms. The molecule has 0 fully saturated rings. The van der Waals surface area contributed by atoms with Crippen molar-refractivity contribution in [2.24, 2.45) is 4.99 Å². The zero-order chi connectivity index (χ0) is 27.8. The van der Waals surface area contributed by atoms with Crippen LogP contribution in [-0.2, 0) is 9.53 Å². The van der Waals surface area contributed by atoms with Gasteiger partial charge in [0.25, 0.3) is 5.56 Å². The van der Waals surface area contributed by atoms with Crippen molar-refractivity contribution in [3.8, 4) is 17.2 Å². The van der Waals surface area contributed by atoms with E-state index in [-0.39, 0.29) is 24.5 Å². The first-order chi connectivity index (χ1) is 19.5. The number of fused-ring (bicyclic) bond motifs is 2. The first kappa shape index (κ1) is 26.1. The van der Waals surface area contributed by atoms with E-state index in [0.29, 0.717) is 37.8 Å². The van der Waals surface area contributed by atoms with Crippen molar-refractivity contribution in [1.29, 1.82) is 0 Å². The fourth-order valence-corrected chi connectivity index (χ4v) is 6.18. The summed E-state index contributed by atoms with van der Waals surface area (Å²) in [5.41, 5.74) is 2.65. The van der Waals surface area contributed by atoms with Gasteiger partial charge in [-0.2, -0.15) is 0 Å². The molecular weight excluding hydrogens is 596 g/mol. The van der Waals surface area contributed by atoms with Crippen LogP contribution in [-0.4, -0.2) is 31.0 Å². The van der Waals surface area contributed by atoms with Crippen LogP contribution in [0, 0.1) is 0 Å². The largest absolute Gasteiger partial charge is 0.497 e. The van der Waals surface area contributed by atoms with Gasteiger partial charge in [-0.1, -0.05) is 69.7 Å². The van der Waals surface area contributed by atoms with Crippen LogP contribution in [0.25, 0.3) is 11.8 Å². The maximum Gasteiger partial charge on any atom is 0.338 e. The Balaban J connectivity index is 1.64. The summed E-state index contributed by atoms with van der Waals surface area (Å²) >= 11 is 4.83. The van der Waals surface area contributed by atoms with E-state index in [9.17, 15) is 9.59 Å². The van der Waals surface area contributed by atoms with E-state index in [4.69, 9.17) is 23.9 Å². The lowest BCUT2D eigenvalue weighted by atomic mass is 9.93. The highest BCUT2D eigenvalue weighted by Gasteiger charge is 2.35. The molecule has 3 heterocycles. The van der Waals surface area contributed by atoms with E-state index in [1.165, 1.54) is 11.3 Å². The predicted octanol–water partition coefficient (Wildman–Crippen LogP) is 4.44. The number of hydrogen-bond donors (Lipinski definition) is 0. The molecule has 202 valence electrons. The maximum absolute atomic E-state index is 14.1. The van der Waals surface area contributed by atoms with Crippen molar-refractivity contribution in [3.63, 3.8) is 0 Å². The molecule has 1 atom stereocenters. The lowest BCUT2D eigenvalue weighted by Crippen LogP contribution is -2.40. The van der Waals surface area contributed by atoms with E-state index in [1.54, 1.807) is 24.7 Å². The van der Waals surface area contributed by atoms with Gasteiger partial charge in [-0.3, -0.25) is 9.36 Å². The minimum Gasteiger partial charge on any atom is -0.497 e. The third-order valence-electron chi connectivity index (χ3n) is 6.56. The van der Waals surface area contributed by atoms with E-state index in [1.807, 2.05) is 66.7 Å². The minimum absolute atomic E-state index is 0.146. The van der Waals surface area contributed by atoms with Crippen molar-refractivity contribution in [2.75, 3.05) is 20.5 Å². The molecular formula is C30H23BrN2O6S. The van der Waals surface area contributed by atoms with Crippen molar-refractivity contribution in [2.45, 2.75) is 13.0 Å². The highest BCUT2D eigenvalue weighted by atomic mass is 79.9. The number of hydrogen-bond acceptors (Lipinski definition) is 8. The van der Waals surface area contributed by atoms with Crippen molar-refractivity contribution < 1.29 is 23.7 Å². The molecule has 0 saturated heterocycles. The standard InChI is InChI=1S/C30H23BrN2O6S/c1-3-37-29(35)25-26(17-8-5-4-6-9-17)32-30-33(27(25)18-10-7-11-20(12-18)36-2)28(34)24(40-30)14-19-13-22-23(15-21(19)31)39-16-38-22/h4-15,27H,3,16H2,1-2H3/b24-14-/t27-/m0/s1. The Bertz CT molecular complexity index is 1840.